The average Bonchev–Trinajstić information content (AvgIpc) is 3.12. The standard InChI is InChI=1S/C16H22F3N5O/c1-10(2)15-22-21-14(25-15)9-23(3)6-11-4-5-13-20-12(16(17,18)19)8-24(13)7-11/h8,10-11H,4-7,9H2,1-3H3/t11-/m1/s1. The molecular weight excluding hydrogens is 335 g/mol. The van der Waals surface area contributed by atoms with Gasteiger partial charge in [0.15, 0.2) is 5.69 Å². The van der Waals surface area contributed by atoms with E-state index in [1.807, 2.05) is 20.9 Å². The molecule has 0 bridgehead atoms. The fourth-order valence-electron chi connectivity index (χ4n) is 3.10. The monoisotopic (exact) mass is 357 g/mol. The number of imidazole rings is 1. The van der Waals surface area contributed by atoms with E-state index in [9.17, 15) is 13.2 Å². The molecule has 0 saturated carbocycles. The highest BCUT2D eigenvalue weighted by Crippen LogP contribution is 2.30. The SMILES string of the molecule is CC(C)c1nnc(CN(C)C[C@H]2CCc3nc(C(F)(F)F)cn3C2)o1. The Balaban J connectivity index is 1.57. The zero-order valence-corrected chi connectivity index (χ0v) is 14.5. The van der Waals surface area contributed by atoms with Crippen molar-refractivity contribution in [2.45, 2.75) is 51.9 Å². The first kappa shape index (κ1) is 17.9. The van der Waals surface area contributed by atoms with Crippen LogP contribution < -0.4 is 0 Å². The first-order valence-electron chi connectivity index (χ1n) is 8.36. The lowest BCUT2D eigenvalue weighted by atomic mass is 9.99. The Morgan fingerprint density at radius 1 is 1.36 bits per heavy atom. The van der Waals surface area contributed by atoms with Gasteiger partial charge in [-0.25, -0.2) is 4.98 Å². The number of alkyl halides is 3. The number of rotatable bonds is 5. The van der Waals surface area contributed by atoms with Gasteiger partial charge in [0.05, 0.1) is 6.54 Å². The van der Waals surface area contributed by atoms with Crippen LogP contribution in [0.1, 0.15) is 49.5 Å². The molecule has 9 heteroatoms. The molecule has 0 N–H and O–H groups in total. The van der Waals surface area contributed by atoms with Crippen LogP contribution in [0.4, 0.5) is 13.2 Å². The summed E-state index contributed by atoms with van der Waals surface area (Å²) >= 11 is 0. The number of aromatic nitrogens is 4. The average molecular weight is 357 g/mol. The molecule has 1 atom stereocenters. The first-order valence-corrected chi connectivity index (χ1v) is 8.36. The molecule has 2 aromatic heterocycles. The number of halogens is 3. The number of hydrogen-bond acceptors (Lipinski definition) is 5. The molecule has 6 nitrogen and oxygen atoms in total. The minimum absolute atomic E-state index is 0.187. The van der Waals surface area contributed by atoms with Crippen molar-refractivity contribution in [2.75, 3.05) is 13.6 Å². The van der Waals surface area contributed by atoms with Crippen LogP contribution in [0.3, 0.4) is 0 Å². The highest BCUT2D eigenvalue weighted by Gasteiger charge is 2.35. The Morgan fingerprint density at radius 3 is 2.76 bits per heavy atom. The van der Waals surface area contributed by atoms with Crippen LogP contribution in [0.2, 0.25) is 0 Å². The molecule has 2 aromatic rings. The molecule has 1 aliphatic heterocycles. The van der Waals surface area contributed by atoms with E-state index in [2.05, 4.69) is 20.1 Å². The highest BCUT2D eigenvalue weighted by atomic mass is 19.4. The fraction of sp³-hybridized carbons (Fsp3) is 0.688. The van der Waals surface area contributed by atoms with Crippen molar-refractivity contribution < 1.29 is 17.6 Å². The third-order valence-corrected chi connectivity index (χ3v) is 4.33. The van der Waals surface area contributed by atoms with Crippen molar-refractivity contribution in [1.29, 1.82) is 0 Å². The summed E-state index contributed by atoms with van der Waals surface area (Å²) in [6.07, 6.45) is -1.89. The zero-order chi connectivity index (χ0) is 18.2. The van der Waals surface area contributed by atoms with Gasteiger partial charge in [-0.2, -0.15) is 13.2 Å². The van der Waals surface area contributed by atoms with Crippen LogP contribution in [0.25, 0.3) is 0 Å². The van der Waals surface area contributed by atoms with Gasteiger partial charge >= 0.3 is 6.18 Å². The Morgan fingerprint density at radius 2 is 2.12 bits per heavy atom. The number of fused-ring (bicyclic) bond motifs is 1. The summed E-state index contributed by atoms with van der Waals surface area (Å²) in [5.74, 6) is 2.14. The van der Waals surface area contributed by atoms with Gasteiger partial charge in [-0.15, -0.1) is 10.2 Å². The van der Waals surface area contributed by atoms with Crippen LogP contribution in [0.5, 0.6) is 0 Å². The molecule has 3 rings (SSSR count). The molecule has 0 amide bonds. The highest BCUT2D eigenvalue weighted by molar-refractivity contribution is 5.10. The van der Waals surface area contributed by atoms with E-state index >= 15 is 0 Å². The Hall–Kier alpha value is -1.90. The minimum atomic E-state index is -4.39. The minimum Gasteiger partial charge on any atom is -0.424 e. The summed E-state index contributed by atoms with van der Waals surface area (Å²) in [5, 5.41) is 8.05. The van der Waals surface area contributed by atoms with E-state index in [-0.39, 0.29) is 11.8 Å². The molecule has 1 aliphatic rings. The summed E-state index contributed by atoms with van der Waals surface area (Å²) in [7, 11) is 1.95. The van der Waals surface area contributed by atoms with Gasteiger partial charge in [0, 0.05) is 31.6 Å². The third-order valence-electron chi connectivity index (χ3n) is 4.33. The molecule has 0 aromatic carbocycles. The molecule has 0 fully saturated rings. The lowest BCUT2D eigenvalue weighted by molar-refractivity contribution is -0.141. The largest absolute Gasteiger partial charge is 0.434 e. The van der Waals surface area contributed by atoms with Crippen molar-refractivity contribution in [1.82, 2.24) is 24.6 Å². The zero-order valence-electron chi connectivity index (χ0n) is 14.5. The molecule has 0 unspecified atom stereocenters. The van der Waals surface area contributed by atoms with Crippen molar-refractivity contribution in [3.05, 3.63) is 29.5 Å². The van der Waals surface area contributed by atoms with Gasteiger partial charge in [-0.1, -0.05) is 13.8 Å². The van der Waals surface area contributed by atoms with Gasteiger partial charge in [-0.3, -0.25) is 4.90 Å². The predicted octanol–water partition coefficient (Wildman–Crippen LogP) is 3.10. The van der Waals surface area contributed by atoms with E-state index in [4.69, 9.17) is 4.42 Å². The molecule has 0 aliphatic carbocycles. The van der Waals surface area contributed by atoms with Crippen LogP contribution >= 0.6 is 0 Å². The van der Waals surface area contributed by atoms with Gasteiger partial charge in [0.1, 0.15) is 5.82 Å². The van der Waals surface area contributed by atoms with Crippen molar-refractivity contribution in [3.63, 3.8) is 0 Å². The number of nitrogens with zero attached hydrogens (tertiary/aromatic N) is 5. The maximum absolute atomic E-state index is 12.8. The van der Waals surface area contributed by atoms with Gasteiger partial charge in [0.25, 0.3) is 0 Å². The lowest BCUT2D eigenvalue weighted by Gasteiger charge is -2.27. The Kier molecular flexibility index (Phi) is 4.86. The lowest BCUT2D eigenvalue weighted by Crippen LogP contribution is -2.31. The van der Waals surface area contributed by atoms with Gasteiger partial charge < -0.3 is 8.98 Å². The summed E-state index contributed by atoms with van der Waals surface area (Å²) in [6, 6.07) is 0. The smallest absolute Gasteiger partial charge is 0.424 e. The van der Waals surface area contributed by atoms with Crippen molar-refractivity contribution >= 4 is 0 Å². The van der Waals surface area contributed by atoms with E-state index in [0.717, 1.165) is 19.2 Å². The van der Waals surface area contributed by atoms with Crippen molar-refractivity contribution in [3.8, 4) is 0 Å². The van der Waals surface area contributed by atoms with Gasteiger partial charge in [-0.05, 0) is 19.4 Å². The first-order chi connectivity index (χ1) is 11.7. The van der Waals surface area contributed by atoms with Crippen LogP contribution in [0.15, 0.2) is 10.6 Å². The molecule has 0 saturated heterocycles. The second-order valence-electron chi connectivity index (χ2n) is 6.98. The molecule has 0 spiro atoms. The van der Waals surface area contributed by atoms with Crippen molar-refractivity contribution in [2.24, 2.45) is 5.92 Å². The summed E-state index contributed by atoms with van der Waals surface area (Å²) in [6.45, 7) is 5.80. The number of hydrogen-bond donors (Lipinski definition) is 0. The van der Waals surface area contributed by atoms with E-state index in [0.29, 0.717) is 37.1 Å². The van der Waals surface area contributed by atoms with Crippen LogP contribution in [-0.4, -0.2) is 38.2 Å². The van der Waals surface area contributed by atoms with E-state index < -0.39 is 11.9 Å². The summed E-state index contributed by atoms with van der Waals surface area (Å²) in [4.78, 5) is 5.78. The number of aryl methyl sites for hydroxylation is 1. The maximum Gasteiger partial charge on any atom is 0.434 e. The van der Waals surface area contributed by atoms with Crippen LogP contribution in [-0.2, 0) is 25.7 Å². The maximum atomic E-state index is 12.8. The summed E-state index contributed by atoms with van der Waals surface area (Å²) < 4.78 is 45.6. The Labute approximate surface area is 144 Å². The topological polar surface area (TPSA) is 60.0 Å². The van der Waals surface area contributed by atoms with E-state index in [1.165, 1.54) is 0 Å². The molecule has 138 valence electrons. The Bertz CT molecular complexity index is 722. The predicted molar refractivity (Wildman–Crippen MR) is 83.8 cm³/mol. The molecule has 25 heavy (non-hydrogen) atoms. The third kappa shape index (κ3) is 4.20. The van der Waals surface area contributed by atoms with E-state index in [1.54, 1.807) is 4.57 Å². The fourth-order valence-corrected chi connectivity index (χ4v) is 3.10. The summed E-state index contributed by atoms with van der Waals surface area (Å²) in [5.41, 5.74) is -0.802. The molecule has 0 radical (unpaired) electrons. The second kappa shape index (κ2) is 6.78. The molecular formula is C16H22F3N5O. The normalized spacial score (nSPS) is 18.2. The van der Waals surface area contributed by atoms with Gasteiger partial charge in [0.2, 0.25) is 11.8 Å². The molecule has 3 heterocycles. The quantitative estimate of drug-likeness (QED) is 0.823. The second-order valence-corrected chi connectivity index (χ2v) is 6.98. The van der Waals surface area contributed by atoms with Crippen LogP contribution in [0, 0.1) is 5.92 Å².